The van der Waals surface area contributed by atoms with Crippen LogP contribution in [0.25, 0.3) is 22.8 Å². The lowest BCUT2D eigenvalue weighted by atomic mass is 10.1. The maximum atomic E-state index is 10.9. The average molecular weight is 270 g/mol. The van der Waals surface area contributed by atoms with Crippen LogP contribution in [0.1, 0.15) is 16.1 Å². The Bertz CT molecular complexity index is 775. The average Bonchev–Trinajstić information content (AvgIpc) is 3.07. The van der Waals surface area contributed by atoms with Crippen molar-refractivity contribution in [3.05, 3.63) is 41.7 Å². The lowest BCUT2D eigenvalue weighted by Gasteiger charge is -1.96. The Kier molecular flexibility index (Phi) is 2.79. The SMILES string of the molecule is Cc1[nH]ncc1-c1nc(-c2cccc(C(=O)O)c2)no1. The van der Waals surface area contributed by atoms with Crippen LogP contribution < -0.4 is 0 Å². The van der Waals surface area contributed by atoms with E-state index in [-0.39, 0.29) is 5.56 Å². The van der Waals surface area contributed by atoms with Crippen molar-refractivity contribution in [2.24, 2.45) is 0 Å². The summed E-state index contributed by atoms with van der Waals surface area (Å²) in [5.74, 6) is -0.322. The van der Waals surface area contributed by atoms with Gasteiger partial charge in [0.1, 0.15) is 0 Å². The predicted molar refractivity (Wildman–Crippen MR) is 69.0 cm³/mol. The van der Waals surface area contributed by atoms with Crippen molar-refractivity contribution in [1.29, 1.82) is 0 Å². The third-order valence-corrected chi connectivity index (χ3v) is 2.85. The number of hydrogen-bond acceptors (Lipinski definition) is 5. The number of nitrogens with one attached hydrogen (secondary N) is 1. The molecule has 0 aliphatic heterocycles. The van der Waals surface area contributed by atoms with Crippen molar-refractivity contribution >= 4 is 5.97 Å². The summed E-state index contributed by atoms with van der Waals surface area (Å²) in [4.78, 5) is 15.2. The van der Waals surface area contributed by atoms with E-state index in [1.54, 1.807) is 18.3 Å². The Morgan fingerprint density at radius 1 is 1.40 bits per heavy atom. The second-order valence-electron chi connectivity index (χ2n) is 4.22. The first kappa shape index (κ1) is 12.1. The van der Waals surface area contributed by atoms with E-state index >= 15 is 0 Å². The fourth-order valence-corrected chi connectivity index (χ4v) is 1.81. The van der Waals surface area contributed by atoms with E-state index in [4.69, 9.17) is 9.63 Å². The maximum Gasteiger partial charge on any atom is 0.335 e. The van der Waals surface area contributed by atoms with Crippen molar-refractivity contribution in [2.45, 2.75) is 6.92 Å². The van der Waals surface area contributed by atoms with Crippen molar-refractivity contribution < 1.29 is 14.4 Å². The van der Waals surface area contributed by atoms with Crippen LogP contribution in [0.2, 0.25) is 0 Å². The predicted octanol–water partition coefficient (Wildman–Crippen LogP) is 2.13. The fraction of sp³-hybridized carbons (Fsp3) is 0.0769. The minimum atomic E-state index is -0.999. The van der Waals surface area contributed by atoms with Crippen LogP contribution >= 0.6 is 0 Å². The van der Waals surface area contributed by atoms with Crippen molar-refractivity contribution in [3.63, 3.8) is 0 Å². The molecule has 0 saturated heterocycles. The summed E-state index contributed by atoms with van der Waals surface area (Å²) < 4.78 is 5.18. The van der Waals surface area contributed by atoms with Gasteiger partial charge >= 0.3 is 5.97 Å². The number of aromatic amines is 1. The second-order valence-corrected chi connectivity index (χ2v) is 4.22. The molecule has 0 radical (unpaired) electrons. The molecule has 0 amide bonds. The summed E-state index contributed by atoms with van der Waals surface area (Å²) in [6.45, 7) is 1.84. The van der Waals surface area contributed by atoms with Gasteiger partial charge in [0.25, 0.3) is 5.89 Å². The standard InChI is InChI=1S/C13H10N4O3/c1-7-10(6-14-16-7)12-15-11(17-20-12)8-3-2-4-9(5-8)13(18)19/h2-6H,1H3,(H,14,16)(H,18,19). The molecule has 0 unspecified atom stereocenters. The highest BCUT2D eigenvalue weighted by Crippen LogP contribution is 2.23. The van der Waals surface area contributed by atoms with Crippen LogP contribution in [-0.4, -0.2) is 31.4 Å². The lowest BCUT2D eigenvalue weighted by Crippen LogP contribution is -1.96. The highest BCUT2D eigenvalue weighted by molar-refractivity contribution is 5.89. The number of aryl methyl sites for hydroxylation is 1. The fourth-order valence-electron chi connectivity index (χ4n) is 1.81. The number of rotatable bonds is 3. The third kappa shape index (κ3) is 2.05. The van der Waals surface area contributed by atoms with Crippen LogP contribution in [-0.2, 0) is 0 Å². The van der Waals surface area contributed by atoms with Gasteiger partial charge in [0.2, 0.25) is 5.82 Å². The summed E-state index contributed by atoms with van der Waals surface area (Å²) in [6, 6.07) is 6.37. The zero-order valence-corrected chi connectivity index (χ0v) is 10.5. The molecule has 0 saturated carbocycles. The molecule has 1 aromatic carbocycles. The molecule has 20 heavy (non-hydrogen) atoms. The summed E-state index contributed by atoms with van der Waals surface area (Å²) in [5.41, 5.74) is 2.30. The molecular formula is C13H10N4O3. The second kappa shape index (κ2) is 4.61. The number of nitrogens with zero attached hydrogens (tertiary/aromatic N) is 3. The molecule has 2 heterocycles. The Labute approximate surface area is 113 Å². The molecule has 7 heteroatoms. The first-order valence-electron chi connectivity index (χ1n) is 5.83. The molecule has 3 rings (SSSR count). The molecule has 0 fully saturated rings. The number of aromatic carboxylic acids is 1. The van der Waals surface area contributed by atoms with Crippen molar-refractivity contribution in [3.8, 4) is 22.8 Å². The number of H-pyrrole nitrogens is 1. The zero-order chi connectivity index (χ0) is 14.1. The van der Waals surface area contributed by atoms with E-state index < -0.39 is 5.97 Å². The van der Waals surface area contributed by atoms with E-state index in [9.17, 15) is 4.79 Å². The molecular weight excluding hydrogens is 260 g/mol. The van der Waals surface area contributed by atoms with E-state index in [0.29, 0.717) is 17.3 Å². The Hall–Kier alpha value is -2.96. The van der Waals surface area contributed by atoms with Gasteiger partial charge < -0.3 is 9.63 Å². The normalized spacial score (nSPS) is 10.7. The number of hydrogen-bond donors (Lipinski definition) is 2. The van der Waals surface area contributed by atoms with Crippen molar-refractivity contribution in [2.75, 3.05) is 0 Å². The quantitative estimate of drug-likeness (QED) is 0.755. The third-order valence-electron chi connectivity index (χ3n) is 2.85. The number of carboxylic acids is 1. The molecule has 0 spiro atoms. The van der Waals surface area contributed by atoms with Gasteiger partial charge in [0.05, 0.1) is 17.3 Å². The van der Waals surface area contributed by atoms with Crippen LogP contribution in [0.15, 0.2) is 35.0 Å². The molecule has 7 nitrogen and oxygen atoms in total. The molecule has 2 N–H and O–H groups in total. The molecule has 3 aromatic rings. The molecule has 0 aliphatic rings. The summed E-state index contributed by atoms with van der Waals surface area (Å²) >= 11 is 0. The molecule has 2 aromatic heterocycles. The summed E-state index contributed by atoms with van der Waals surface area (Å²) in [7, 11) is 0. The highest BCUT2D eigenvalue weighted by atomic mass is 16.5. The minimum absolute atomic E-state index is 0.174. The van der Waals surface area contributed by atoms with Gasteiger partial charge in [-0.05, 0) is 19.1 Å². The van der Waals surface area contributed by atoms with Crippen LogP contribution in [0.5, 0.6) is 0 Å². The van der Waals surface area contributed by atoms with E-state index in [2.05, 4.69) is 20.3 Å². The number of aromatic nitrogens is 4. The van der Waals surface area contributed by atoms with Gasteiger partial charge in [-0.15, -0.1) is 0 Å². The van der Waals surface area contributed by atoms with Gasteiger partial charge in [-0.1, -0.05) is 17.3 Å². The van der Waals surface area contributed by atoms with Crippen molar-refractivity contribution in [1.82, 2.24) is 20.3 Å². The summed E-state index contributed by atoms with van der Waals surface area (Å²) in [5, 5.41) is 19.5. The van der Waals surface area contributed by atoms with Gasteiger partial charge in [0.15, 0.2) is 0 Å². The largest absolute Gasteiger partial charge is 0.478 e. The highest BCUT2D eigenvalue weighted by Gasteiger charge is 2.14. The minimum Gasteiger partial charge on any atom is -0.478 e. The first-order chi connectivity index (χ1) is 9.65. The smallest absolute Gasteiger partial charge is 0.335 e. The Morgan fingerprint density at radius 3 is 2.95 bits per heavy atom. The number of carbonyl (C=O) groups is 1. The van der Waals surface area contributed by atoms with E-state index in [0.717, 1.165) is 11.3 Å². The van der Waals surface area contributed by atoms with Crippen LogP contribution in [0, 0.1) is 6.92 Å². The van der Waals surface area contributed by atoms with Gasteiger partial charge in [-0.3, -0.25) is 5.10 Å². The van der Waals surface area contributed by atoms with E-state index in [1.807, 2.05) is 6.92 Å². The molecule has 0 atom stereocenters. The first-order valence-corrected chi connectivity index (χ1v) is 5.83. The maximum absolute atomic E-state index is 10.9. The van der Waals surface area contributed by atoms with E-state index in [1.165, 1.54) is 12.1 Å². The molecule has 0 aliphatic carbocycles. The molecule has 100 valence electrons. The van der Waals surface area contributed by atoms with Gasteiger partial charge in [-0.25, -0.2) is 4.79 Å². The molecule has 0 bridgehead atoms. The van der Waals surface area contributed by atoms with Crippen LogP contribution in [0.4, 0.5) is 0 Å². The number of benzene rings is 1. The number of carboxylic acid groups (broad SMARTS) is 1. The van der Waals surface area contributed by atoms with Gasteiger partial charge in [0, 0.05) is 11.3 Å². The lowest BCUT2D eigenvalue weighted by molar-refractivity contribution is 0.0697. The monoisotopic (exact) mass is 270 g/mol. The van der Waals surface area contributed by atoms with Gasteiger partial charge in [-0.2, -0.15) is 10.1 Å². The zero-order valence-electron chi connectivity index (χ0n) is 10.5. The summed E-state index contributed by atoms with van der Waals surface area (Å²) in [6.07, 6.45) is 1.60. The Balaban J connectivity index is 2.00. The van der Waals surface area contributed by atoms with Crippen LogP contribution in [0.3, 0.4) is 0 Å². The topological polar surface area (TPSA) is 105 Å². The Morgan fingerprint density at radius 2 is 2.25 bits per heavy atom.